The molecule has 2 N–H and O–H groups in total. The second-order valence-corrected chi connectivity index (χ2v) is 4.52. The maximum atomic E-state index is 11.4. The van der Waals surface area contributed by atoms with Crippen molar-refractivity contribution >= 4 is 17.7 Å². The number of hydrogen-bond donors (Lipinski definition) is 2. The number of nitrogens with one attached hydrogen (secondary N) is 1. The lowest BCUT2D eigenvalue weighted by molar-refractivity contribution is -0.124. The first kappa shape index (κ1) is 10.9. The summed E-state index contributed by atoms with van der Waals surface area (Å²) in [5, 5.41) is 12.0. The largest absolute Gasteiger partial charge is 0.391 e. The molecule has 1 rings (SSSR count). The first-order chi connectivity index (χ1) is 6.24. The van der Waals surface area contributed by atoms with Gasteiger partial charge in [-0.1, -0.05) is 6.92 Å². The topological polar surface area (TPSA) is 49.3 Å². The molecule has 0 aliphatic carbocycles. The van der Waals surface area contributed by atoms with E-state index >= 15 is 0 Å². The fraction of sp³-hybridized carbons (Fsp3) is 0.889. The predicted octanol–water partition coefficient (Wildman–Crippen LogP) is 0.627. The van der Waals surface area contributed by atoms with Gasteiger partial charge >= 0.3 is 0 Å². The smallest absolute Gasteiger partial charge is 0.224 e. The van der Waals surface area contributed by atoms with Crippen LogP contribution in [-0.2, 0) is 4.79 Å². The van der Waals surface area contributed by atoms with Crippen LogP contribution in [0.2, 0.25) is 0 Å². The van der Waals surface area contributed by atoms with E-state index in [0.717, 1.165) is 17.9 Å². The van der Waals surface area contributed by atoms with Crippen LogP contribution in [0, 0.1) is 5.92 Å². The van der Waals surface area contributed by atoms with Crippen LogP contribution in [0.1, 0.15) is 19.8 Å². The summed E-state index contributed by atoms with van der Waals surface area (Å²) in [7, 11) is 0. The van der Waals surface area contributed by atoms with E-state index in [1.165, 1.54) is 0 Å². The summed E-state index contributed by atoms with van der Waals surface area (Å²) in [5.41, 5.74) is 0. The van der Waals surface area contributed by atoms with Crippen LogP contribution in [0.3, 0.4) is 0 Å². The van der Waals surface area contributed by atoms with E-state index in [-0.39, 0.29) is 11.8 Å². The van der Waals surface area contributed by atoms with E-state index in [4.69, 9.17) is 0 Å². The van der Waals surface area contributed by atoms with Crippen LogP contribution in [-0.4, -0.2) is 35.2 Å². The lowest BCUT2D eigenvalue weighted by Gasteiger charge is -2.12. The molecule has 1 aliphatic heterocycles. The van der Waals surface area contributed by atoms with Gasteiger partial charge in [0, 0.05) is 18.2 Å². The quantitative estimate of drug-likeness (QED) is 0.704. The Balaban J connectivity index is 2.16. The molecule has 1 heterocycles. The van der Waals surface area contributed by atoms with Crippen LogP contribution in [0.25, 0.3) is 0 Å². The Morgan fingerprint density at radius 2 is 2.54 bits per heavy atom. The standard InChI is InChI=1S/C9H17NO2S/c1-2-8(11)5-10-9(12)7-3-4-13-6-7/h7-8,11H,2-6H2,1H3,(H,10,12). The van der Waals surface area contributed by atoms with E-state index in [2.05, 4.69) is 5.32 Å². The SMILES string of the molecule is CCC(O)CNC(=O)C1CCSC1. The lowest BCUT2D eigenvalue weighted by Crippen LogP contribution is -2.36. The van der Waals surface area contributed by atoms with Crippen molar-refractivity contribution in [1.29, 1.82) is 0 Å². The Kier molecular flexibility index (Phi) is 4.59. The molecule has 76 valence electrons. The number of carbonyl (C=O) groups is 1. The highest BCUT2D eigenvalue weighted by Gasteiger charge is 2.22. The number of rotatable bonds is 4. The summed E-state index contributed by atoms with van der Waals surface area (Å²) < 4.78 is 0. The predicted molar refractivity (Wildman–Crippen MR) is 54.7 cm³/mol. The molecule has 0 saturated carbocycles. The van der Waals surface area contributed by atoms with Crippen molar-refractivity contribution in [3.63, 3.8) is 0 Å². The van der Waals surface area contributed by atoms with Gasteiger partial charge in [0.1, 0.15) is 0 Å². The molecule has 0 bridgehead atoms. The van der Waals surface area contributed by atoms with Crippen molar-refractivity contribution in [2.24, 2.45) is 5.92 Å². The molecule has 2 atom stereocenters. The minimum atomic E-state index is -0.391. The molecule has 1 fully saturated rings. The minimum absolute atomic E-state index is 0.109. The molecule has 0 spiro atoms. The number of carbonyl (C=O) groups excluding carboxylic acids is 1. The van der Waals surface area contributed by atoms with Gasteiger partial charge in [0.2, 0.25) is 5.91 Å². The molecule has 0 aromatic rings. The molecule has 3 nitrogen and oxygen atoms in total. The Morgan fingerprint density at radius 1 is 1.77 bits per heavy atom. The Morgan fingerprint density at radius 3 is 3.08 bits per heavy atom. The van der Waals surface area contributed by atoms with Gasteiger partial charge < -0.3 is 10.4 Å². The van der Waals surface area contributed by atoms with Crippen LogP contribution in [0.4, 0.5) is 0 Å². The van der Waals surface area contributed by atoms with Crippen LogP contribution >= 0.6 is 11.8 Å². The van der Waals surface area contributed by atoms with Gasteiger partial charge in [-0.3, -0.25) is 4.79 Å². The summed E-state index contributed by atoms with van der Waals surface area (Å²) >= 11 is 1.83. The molecule has 13 heavy (non-hydrogen) atoms. The van der Waals surface area contributed by atoms with Gasteiger partial charge in [0.25, 0.3) is 0 Å². The molecule has 0 radical (unpaired) electrons. The monoisotopic (exact) mass is 203 g/mol. The molecule has 1 amide bonds. The average molecular weight is 203 g/mol. The van der Waals surface area contributed by atoms with Crippen LogP contribution < -0.4 is 5.32 Å². The van der Waals surface area contributed by atoms with Crippen molar-refractivity contribution in [1.82, 2.24) is 5.32 Å². The maximum absolute atomic E-state index is 11.4. The van der Waals surface area contributed by atoms with Crippen molar-refractivity contribution < 1.29 is 9.90 Å². The fourth-order valence-electron chi connectivity index (χ4n) is 1.25. The van der Waals surface area contributed by atoms with Gasteiger partial charge in [0.15, 0.2) is 0 Å². The Bertz CT molecular complexity index is 169. The van der Waals surface area contributed by atoms with Crippen molar-refractivity contribution in [2.75, 3.05) is 18.1 Å². The number of aliphatic hydroxyl groups is 1. The number of thioether (sulfide) groups is 1. The normalized spacial score (nSPS) is 24.3. The number of aliphatic hydroxyl groups excluding tert-OH is 1. The highest BCUT2D eigenvalue weighted by atomic mass is 32.2. The summed E-state index contributed by atoms with van der Waals surface area (Å²) in [4.78, 5) is 11.4. The zero-order valence-electron chi connectivity index (χ0n) is 7.95. The molecule has 0 aromatic heterocycles. The van der Waals surface area contributed by atoms with Gasteiger partial charge in [0.05, 0.1) is 6.10 Å². The summed E-state index contributed by atoms with van der Waals surface area (Å²) in [5.74, 6) is 2.31. The van der Waals surface area contributed by atoms with Crippen molar-refractivity contribution in [2.45, 2.75) is 25.9 Å². The minimum Gasteiger partial charge on any atom is -0.391 e. The number of hydrogen-bond acceptors (Lipinski definition) is 3. The lowest BCUT2D eigenvalue weighted by atomic mass is 10.1. The summed E-state index contributed by atoms with van der Waals surface area (Å²) in [6.45, 7) is 2.30. The van der Waals surface area contributed by atoms with Gasteiger partial charge in [-0.25, -0.2) is 0 Å². The third-order valence-electron chi connectivity index (χ3n) is 2.28. The Labute approximate surface area is 83.3 Å². The van der Waals surface area contributed by atoms with E-state index in [1.807, 2.05) is 18.7 Å². The highest BCUT2D eigenvalue weighted by molar-refractivity contribution is 7.99. The first-order valence-corrected chi connectivity index (χ1v) is 5.93. The fourth-order valence-corrected chi connectivity index (χ4v) is 2.47. The zero-order chi connectivity index (χ0) is 9.68. The van der Waals surface area contributed by atoms with Crippen molar-refractivity contribution in [3.05, 3.63) is 0 Å². The average Bonchev–Trinajstić information content (AvgIpc) is 2.66. The second-order valence-electron chi connectivity index (χ2n) is 3.37. The van der Waals surface area contributed by atoms with E-state index in [1.54, 1.807) is 0 Å². The first-order valence-electron chi connectivity index (χ1n) is 4.77. The highest BCUT2D eigenvalue weighted by Crippen LogP contribution is 2.23. The molecule has 1 saturated heterocycles. The van der Waals surface area contributed by atoms with Gasteiger partial charge in [-0.2, -0.15) is 11.8 Å². The van der Waals surface area contributed by atoms with Crippen LogP contribution in [0.15, 0.2) is 0 Å². The third kappa shape index (κ3) is 3.56. The zero-order valence-corrected chi connectivity index (χ0v) is 8.77. The van der Waals surface area contributed by atoms with Crippen molar-refractivity contribution in [3.8, 4) is 0 Å². The molecule has 1 aliphatic rings. The summed E-state index contributed by atoms with van der Waals surface area (Å²) in [6, 6.07) is 0. The molecule has 0 aromatic carbocycles. The molecular formula is C9H17NO2S. The number of amides is 1. The van der Waals surface area contributed by atoms with E-state index in [9.17, 15) is 9.90 Å². The van der Waals surface area contributed by atoms with Gasteiger partial charge in [-0.15, -0.1) is 0 Å². The van der Waals surface area contributed by atoms with E-state index in [0.29, 0.717) is 13.0 Å². The third-order valence-corrected chi connectivity index (χ3v) is 3.45. The molecular weight excluding hydrogens is 186 g/mol. The summed E-state index contributed by atoms with van der Waals surface area (Å²) in [6.07, 6.45) is 1.29. The maximum Gasteiger partial charge on any atom is 0.224 e. The van der Waals surface area contributed by atoms with Crippen LogP contribution in [0.5, 0.6) is 0 Å². The van der Waals surface area contributed by atoms with Gasteiger partial charge in [-0.05, 0) is 18.6 Å². The molecule has 2 unspecified atom stereocenters. The second kappa shape index (κ2) is 5.50. The molecule has 4 heteroatoms. The van der Waals surface area contributed by atoms with E-state index < -0.39 is 6.10 Å². The Hall–Kier alpha value is -0.220.